The molecule has 0 amide bonds. The third-order valence-corrected chi connectivity index (χ3v) is 3.59. The largest absolute Gasteiger partial charge is 0.338 e. The highest BCUT2D eigenvalue weighted by Crippen LogP contribution is 2.20. The summed E-state index contributed by atoms with van der Waals surface area (Å²) in [5.41, 5.74) is 4.00. The van der Waals surface area contributed by atoms with Crippen molar-refractivity contribution in [1.82, 2.24) is 14.9 Å². The van der Waals surface area contributed by atoms with Crippen molar-refractivity contribution in [2.75, 3.05) is 6.54 Å². The average Bonchev–Trinajstić information content (AvgIpc) is 2.78. The predicted octanol–water partition coefficient (Wildman–Crippen LogP) is 3.32. The molecule has 0 aliphatic rings. The highest BCUT2D eigenvalue weighted by molar-refractivity contribution is 5.31. The van der Waals surface area contributed by atoms with Crippen molar-refractivity contribution in [3.05, 3.63) is 53.1 Å². The van der Waals surface area contributed by atoms with Crippen molar-refractivity contribution in [3.63, 3.8) is 0 Å². The first-order valence-electron chi connectivity index (χ1n) is 7.38. The first-order valence-corrected chi connectivity index (χ1v) is 7.38. The lowest BCUT2D eigenvalue weighted by atomic mass is 9.98. The van der Waals surface area contributed by atoms with E-state index >= 15 is 0 Å². The van der Waals surface area contributed by atoms with Crippen LogP contribution < -0.4 is 5.32 Å². The second-order valence-corrected chi connectivity index (χ2v) is 5.59. The van der Waals surface area contributed by atoms with E-state index in [2.05, 4.69) is 60.9 Å². The summed E-state index contributed by atoms with van der Waals surface area (Å²) in [7, 11) is 2.06. The standard InChI is InChI=1S/C17H25N3/c1-5-6-18-16(12-17-19-7-8-20(17)4)15-10-13(2)9-14(3)11-15/h7-11,16,18H,5-6,12H2,1-4H3. The van der Waals surface area contributed by atoms with Crippen LogP contribution in [0, 0.1) is 13.8 Å². The number of rotatable bonds is 6. The topological polar surface area (TPSA) is 29.9 Å². The van der Waals surface area contributed by atoms with Crippen LogP contribution in [-0.4, -0.2) is 16.1 Å². The molecule has 2 aromatic rings. The Bertz CT molecular complexity index is 537. The van der Waals surface area contributed by atoms with Gasteiger partial charge in [-0.15, -0.1) is 0 Å². The molecule has 0 saturated heterocycles. The number of hydrogen-bond donors (Lipinski definition) is 1. The van der Waals surface area contributed by atoms with Gasteiger partial charge in [0.15, 0.2) is 0 Å². The maximum Gasteiger partial charge on any atom is 0.110 e. The Balaban J connectivity index is 2.24. The number of hydrogen-bond acceptors (Lipinski definition) is 2. The molecule has 0 aliphatic heterocycles. The molecule has 0 radical (unpaired) electrons. The fourth-order valence-corrected chi connectivity index (χ4v) is 2.61. The molecule has 0 saturated carbocycles. The van der Waals surface area contributed by atoms with E-state index in [1.54, 1.807) is 0 Å². The Labute approximate surface area is 122 Å². The van der Waals surface area contributed by atoms with E-state index in [9.17, 15) is 0 Å². The summed E-state index contributed by atoms with van der Waals surface area (Å²) in [5, 5.41) is 3.65. The van der Waals surface area contributed by atoms with Crippen molar-refractivity contribution >= 4 is 0 Å². The predicted molar refractivity (Wildman–Crippen MR) is 83.9 cm³/mol. The van der Waals surface area contributed by atoms with Crippen molar-refractivity contribution in [1.29, 1.82) is 0 Å². The van der Waals surface area contributed by atoms with E-state index in [1.807, 2.05) is 12.4 Å². The van der Waals surface area contributed by atoms with Crippen LogP contribution in [0.2, 0.25) is 0 Å². The highest BCUT2D eigenvalue weighted by atomic mass is 15.0. The smallest absolute Gasteiger partial charge is 0.110 e. The van der Waals surface area contributed by atoms with Gasteiger partial charge in [-0.1, -0.05) is 36.2 Å². The summed E-state index contributed by atoms with van der Waals surface area (Å²) in [4.78, 5) is 4.46. The number of imidazole rings is 1. The Hall–Kier alpha value is -1.61. The molecule has 0 spiro atoms. The number of nitrogens with one attached hydrogen (secondary N) is 1. The second-order valence-electron chi connectivity index (χ2n) is 5.59. The van der Waals surface area contributed by atoms with Crippen LogP contribution in [0.1, 0.15) is 41.9 Å². The van der Waals surface area contributed by atoms with Crippen LogP contribution in [-0.2, 0) is 13.5 Å². The second kappa shape index (κ2) is 6.71. The molecule has 3 heteroatoms. The van der Waals surface area contributed by atoms with Crippen LogP contribution >= 0.6 is 0 Å². The van der Waals surface area contributed by atoms with Gasteiger partial charge in [-0.2, -0.15) is 0 Å². The fraction of sp³-hybridized carbons (Fsp3) is 0.471. The van der Waals surface area contributed by atoms with Gasteiger partial charge in [0.25, 0.3) is 0 Å². The Kier molecular flexibility index (Phi) is 4.96. The fourth-order valence-electron chi connectivity index (χ4n) is 2.61. The van der Waals surface area contributed by atoms with Crippen molar-refractivity contribution in [2.45, 2.75) is 39.7 Å². The van der Waals surface area contributed by atoms with Gasteiger partial charge in [0.2, 0.25) is 0 Å². The van der Waals surface area contributed by atoms with E-state index in [4.69, 9.17) is 0 Å². The maximum absolute atomic E-state index is 4.46. The molecule has 1 N–H and O–H groups in total. The SMILES string of the molecule is CCCNC(Cc1nccn1C)c1cc(C)cc(C)c1. The molecular weight excluding hydrogens is 246 g/mol. The third kappa shape index (κ3) is 3.70. The van der Waals surface area contributed by atoms with Gasteiger partial charge in [-0.3, -0.25) is 0 Å². The van der Waals surface area contributed by atoms with Crippen LogP contribution in [0.25, 0.3) is 0 Å². The van der Waals surface area contributed by atoms with Gasteiger partial charge in [0.1, 0.15) is 5.82 Å². The molecule has 1 aromatic carbocycles. The van der Waals surface area contributed by atoms with Gasteiger partial charge < -0.3 is 9.88 Å². The van der Waals surface area contributed by atoms with Crippen molar-refractivity contribution < 1.29 is 0 Å². The van der Waals surface area contributed by atoms with Crippen LogP contribution in [0.15, 0.2) is 30.6 Å². The first kappa shape index (κ1) is 14.8. The molecule has 1 unspecified atom stereocenters. The summed E-state index contributed by atoms with van der Waals surface area (Å²) in [6, 6.07) is 7.11. The van der Waals surface area contributed by atoms with E-state index in [0.717, 1.165) is 25.2 Å². The zero-order chi connectivity index (χ0) is 14.5. The lowest BCUT2D eigenvalue weighted by Gasteiger charge is -2.20. The summed E-state index contributed by atoms with van der Waals surface area (Å²) in [6.07, 6.45) is 5.94. The van der Waals surface area contributed by atoms with Gasteiger partial charge >= 0.3 is 0 Å². The molecule has 2 rings (SSSR count). The molecule has 1 heterocycles. The number of benzene rings is 1. The van der Waals surface area contributed by atoms with Gasteiger partial charge in [0.05, 0.1) is 0 Å². The molecule has 3 nitrogen and oxygen atoms in total. The summed E-state index contributed by atoms with van der Waals surface area (Å²) < 4.78 is 2.10. The van der Waals surface area contributed by atoms with Crippen LogP contribution in [0.5, 0.6) is 0 Å². The molecule has 0 bridgehead atoms. The quantitative estimate of drug-likeness (QED) is 0.873. The third-order valence-electron chi connectivity index (χ3n) is 3.59. The van der Waals surface area contributed by atoms with E-state index in [1.165, 1.54) is 16.7 Å². The minimum atomic E-state index is 0.328. The Morgan fingerprint density at radius 3 is 2.45 bits per heavy atom. The lowest BCUT2D eigenvalue weighted by Crippen LogP contribution is -2.25. The Morgan fingerprint density at radius 2 is 1.90 bits per heavy atom. The van der Waals surface area contributed by atoms with Crippen molar-refractivity contribution in [3.8, 4) is 0 Å². The van der Waals surface area contributed by atoms with E-state index in [0.29, 0.717) is 6.04 Å². The zero-order valence-electron chi connectivity index (χ0n) is 13.0. The Morgan fingerprint density at radius 1 is 1.20 bits per heavy atom. The minimum Gasteiger partial charge on any atom is -0.338 e. The molecule has 1 aromatic heterocycles. The maximum atomic E-state index is 4.46. The first-order chi connectivity index (χ1) is 9.60. The van der Waals surface area contributed by atoms with Crippen LogP contribution in [0.4, 0.5) is 0 Å². The van der Waals surface area contributed by atoms with Gasteiger partial charge in [0, 0.05) is 31.9 Å². The lowest BCUT2D eigenvalue weighted by molar-refractivity contribution is 0.511. The highest BCUT2D eigenvalue weighted by Gasteiger charge is 2.14. The number of nitrogens with zero attached hydrogens (tertiary/aromatic N) is 2. The van der Waals surface area contributed by atoms with Gasteiger partial charge in [-0.05, 0) is 32.4 Å². The molecule has 0 aliphatic carbocycles. The number of aryl methyl sites for hydroxylation is 3. The molecular formula is C17H25N3. The average molecular weight is 271 g/mol. The molecule has 1 atom stereocenters. The minimum absolute atomic E-state index is 0.328. The van der Waals surface area contributed by atoms with Gasteiger partial charge in [-0.25, -0.2) is 4.98 Å². The number of aromatic nitrogens is 2. The molecule has 108 valence electrons. The monoisotopic (exact) mass is 271 g/mol. The van der Waals surface area contributed by atoms with Crippen LogP contribution in [0.3, 0.4) is 0 Å². The summed E-state index contributed by atoms with van der Waals surface area (Å²) in [5.74, 6) is 1.12. The normalized spacial score (nSPS) is 12.6. The zero-order valence-corrected chi connectivity index (χ0v) is 13.0. The van der Waals surface area contributed by atoms with E-state index in [-0.39, 0.29) is 0 Å². The summed E-state index contributed by atoms with van der Waals surface area (Å²) in [6.45, 7) is 7.55. The molecule has 20 heavy (non-hydrogen) atoms. The van der Waals surface area contributed by atoms with E-state index < -0.39 is 0 Å². The summed E-state index contributed by atoms with van der Waals surface area (Å²) >= 11 is 0. The molecule has 0 fully saturated rings. The van der Waals surface area contributed by atoms with Crippen molar-refractivity contribution in [2.24, 2.45) is 7.05 Å².